The maximum absolute atomic E-state index is 15.0. The Labute approximate surface area is 422 Å². The van der Waals surface area contributed by atoms with Crippen molar-refractivity contribution in [2.45, 2.75) is 81.2 Å². The van der Waals surface area contributed by atoms with Crippen LogP contribution in [0.4, 0.5) is 0 Å². The number of nitrogens with two attached hydrogens (primary N) is 1. The molecule has 1 saturated heterocycles. The van der Waals surface area contributed by atoms with E-state index in [2.05, 4.69) is 41.5 Å². The lowest BCUT2D eigenvalue weighted by Gasteiger charge is -2.31. The van der Waals surface area contributed by atoms with Crippen LogP contribution in [0.1, 0.15) is 41.5 Å². The molecule has 3 aromatic heterocycles. The van der Waals surface area contributed by atoms with Crippen LogP contribution in [0.2, 0.25) is 0 Å². The van der Waals surface area contributed by atoms with Crippen molar-refractivity contribution in [1.29, 1.82) is 0 Å². The quantitative estimate of drug-likeness (QED) is 0.0464. The molecule has 384 valence electrons. The number of hydrogen-bond donors (Lipinski definition) is 12. The minimum atomic E-state index is -1.76. The number of carboxylic acids is 2. The average Bonchev–Trinajstić information content (AvgIpc) is 4.22. The summed E-state index contributed by atoms with van der Waals surface area (Å²) in [5, 5.41) is 44.2. The number of aromatic nitrogens is 3. The third kappa shape index (κ3) is 12.4. The number of hydrogen-bond acceptors (Lipinski definition) is 10. The molecule has 1 aliphatic rings. The van der Waals surface area contributed by atoms with Gasteiger partial charge in [0.1, 0.15) is 42.5 Å². The molecular weight excluding hydrogens is 953 g/mol. The first kappa shape index (κ1) is 51.4. The molecule has 8 rings (SSSR count). The Morgan fingerprint density at radius 3 is 1.57 bits per heavy atom. The molecule has 6 amide bonds. The molecule has 74 heavy (non-hydrogen) atoms. The maximum Gasteiger partial charge on any atom is 0.322 e. The van der Waals surface area contributed by atoms with Crippen LogP contribution in [-0.4, -0.2) is 132 Å². The summed E-state index contributed by atoms with van der Waals surface area (Å²) in [5.41, 5.74) is 11.3. The Bertz CT molecular complexity index is 3220. The van der Waals surface area contributed by atoms with Crippen molar-refractivity contribution in [3.8, 4) is 5.75 Å². The zero-order chi connectivity index (χ0) is 52.5. The Morgan fingerprint density at radius 1 is 0.568 bits per heavy atom. The van der Waals surface area contributed by atoms with E-state index in [1.54, 1.807) is 55.0 Å². The number of aromatic hydroxyl groups is 1. The number of aromatic amines is 3. The number of carboxylic acid groups (broad SMARTS) is 2. The van der Waals surface area contributed by atoms with E-state index in [9.17, 15) is 48.9 Å². The lowest BCUT2D eigenvalue weighted by Crippen LogP contribution is -2.60. The molecule has 4 heterocycles. The van der Waals surface area contributed by atoms with Crippen molar-refractivity contribution in [1.82, 2.24) is 46.4 Å². The number of rotatable bonds is 22. The molecule has 1 aliphatic heterocycles. The van der Waals surface area contributed by atoms with Gasteiger partial charge in [0.05, 0.1) is 12.5 Å². The number of carbonyl (C=O) groups is 8. The van der Waals surface area contributed by atoms with Gasteiger partial charge in [-0.3, -0.25) is 38.4 Å². The van der Waals surface area contributed by atoms with Crippen LogP contribution in [0, 0.1) is 0 Å². The Morgan fingerprint density at radius 2 is 1.04 bits per heavy atom. The van der Waals surface area contributed by atoms with Crippen LogP contribution in [0.15, 0.2) is 116 Å². The Balaban J connectivity index is 1.04. The zero-order valence-corrected chi connectivity index (χ0v) is 39.9. The predicted octanol–water partition coefficient (Wildman–Crippen LogP) is 2.04. The van der Waals surface area contributed by atoms with Gasteiger partial charge >= 0.3 is 11.9 Å². The molecule has 0 unspecified atom stereocenters. The van der Waals surface area contributed by atoms with E-state index in [4.69, 9.17) is 5.73 Å². The van der Waals surface area contributed by atoms with Crippen molar-refractivity contribution >= 4 is 80.1 Å². The molecule has 21 heteroatoms. The second-order valence-corrected chi connectivity index (χ2v) is 18.3. The highest BCUT2D eigenvalue weighted by atomic mass is 16.4. The van der Waals surface area contributed by atoms with Crippen molar-refractivity contribution < 1.29 is 53.7 Å². The summed E-state index contributed by atoms with van der Waals surface area (Å²) in [6, 6.07) is 20.0. The van der Waals surface area contributed by atoms with E-state index < -0.39 is 96.6 Å². The second-order valence-electron chi connectivity index (χ2n) is 18.3. The molecule has 0 spiro atoms. The monoisotopic (exact) mass is 1010 g/mol. The van der Waals surface area contributed by atoms with Gasteiger partial charge in [0, 0.05) is 77.1 Å². The lowest BCUT2D eigenvalue weighted by atomic mass is 10.00. The molecular formula is C53H56N10O11. The summed E-state index contributed by atoms with van der Waals surface area (Å²) in [4.78, 5) is 120. The van der Waals surface area contributed by atoms with Crippen molar-refractivity contribution in [2.75, 3.05) is 13.1 Å². The second kappa shape index (κ2) is 23.1. The third-order valence-electron chi connectivity index (χ3n) is 13.2. The van der Waals surface area contributed by atoms with Gasteiger partial charge in [0.15, 0.2) is 0 Å². The first-order chi connectivity index (χ1) is 35.6. The average molecular weight is 1010 g/mol. The number of H-pyrrole nitrogens is 3. The summed E-state index contributed by atoms with van der Waals surface area (Å²) in [6.45, 7) is -0.720. The lowest BCUT2D eigenvalue weighted by molar-refractivity contribution is -0.144. The fourth-order valence-electron chi connectivity index (χ4n) is 9.42. The molecule has 0 aliphatic carbocycles. The number of amides is 6. The molecule has 4 aromatic carbocycles. The zero-order valence-electron chi connectivity index (χ0n) is 39.9. The van der Waals surface area contributed by atoms with E-state index in [0.29, 0.717) is 28.7 Å². The number of carbonyl (C=O) groups excluding carboxylic acids is 6. The molecule has 6 atom stereocenters. The number of nitrogens with one attached hydrogen (secondary N) is 8. The van der Waals surface area contributed by atoms with Crippen molar-refractivity contribution in [3.05, 3.63) is 138 Å². The number of para-hydroxylation sites is 3. The highest BCUT2D eigenvalue weighted by Crippen LogP contribution is 2.25. The molecule has 0 saturated carbocycles. The summed E-state index contributed by atoms with van der Waals surface area (Å²) in [5.74, 6) is -7.62. The minimum Gasteiger partial charge on any atom is -0.508 e. The first-order valence-corrected chi connectivity index (χ1v) is 24.0. The highest BCUT2D eigenvalue weighted by Gasteiger charge is 2.41. The van der Waals surface area contributed by atoms with Gasteiger partial charge in [0.2, 0.25) is 35.4 Å². The van der Waals surface area contributed by atoms with E-state index in [0.717, 1.165) is 32.7 Å². The fraction of sp³-hybridized carbons (Fsp3) is 0.283. The number of likely N-dealkylation sites (tertiary alicyclic amines) is 1. The summed E-state index contributed by atoms with van der Waals surface area (Å²) in [7, 11) is 0. The van der Waals surface area contributed by atoms with Crippen LogP contribution in [0.3, 0.4) is 0 Å². The Hall–Kier alpha value is -8.98. The molecule has 7 aromatic rings. The van der Waals surface area contributed by atoms with Gasteiger partial charge < -0.3 is 67.5 Å². The standard InChI is InChI=1S/C53H56N10O11/c54-37(20-29-15-17-33(64)18-16-29)48(69)59-42(22-31-26-56-39-12-5-2-9-35(31)39)50(71)62-44(23-32-27-57-40-13-6-3-10-36(32)40)53(74)63-19-7-14-45(63)52(73)61-43(24-46(65)66)51(72)60-41(49(70)58-28-47(67)68)21-30-25-55-38-11-4-1-8-34(30)38/h1-6,8-13,15-18,25-27,37,41-45,55-57,64H,7,14,19-24,28,54H2,(H,58,70)(H,59,69)(H,60,72)(H,61,73)(H,62,71)(H,65,66)(H,67,68)/t37-,41-,42-,43-,44-,45-/m0/s1. The number of nitrogens with zero attached hydrogens (tertiary/aromatic N) is 1. The number of fused-ring (bicyclic) bond motifs is 3. The summed E-state index contributed by atoms with van der Waals surface area (Å²) in [6.07, 6.45) is 4.42. The molecule has 0 bridgehead atoms. The van der Waals surface area contributed by atoms with Crippen LogP contribution in [0.5, 0.6) is 5.75 Å². The van der Waals surface area contributed by atoms with Crippen molar-refractivity contribution in [3.63, 3.8) is 0 Å². The summed E-state index contributed by atoms with van der Waals surface area (Å²) < 4.78 is 0. The molecule has 13 N–H and O–H groups in total. The Kier molecular flexibility index (Phi) is 16.0. The van der Waals surface area contributed by atoms with Crippen molar-refractivity contribution in [2.24, 2.45) is 5.73 Å². The van der Waals surface area contributed by atoms with Crippen LogP contribution in [0.25, 0.3) is 32.7 Å². The van der Waals surface area contributed by atoms with Gasteiger partial charge in [-0.05, 0) is 71.8 Å². The SMILES string of the molecule is N[C@@H](Cc1ccc(O)cc1)C(=O)N[C@@H](Cc1c[nH]c2ccccc12)C(=O)N[C@@H](Cc1c[nH]c2ccccc12)C(=O)N1CCC[C@H]1C(=O)N[C@@H](CC(=O)O)C(=O)N[C@@H](Cc1c[nH]c2ccccc12)C(=O)NCC(=O)O. The van der Waals surface area contributed by atoms with E-state index in [1.807, 2.05) is 48.5 Å². The first-order valence-electron chi connectivity index (χ1n) is 24.0. The number of aliphatic carboxylic acids is 2. The number of benzene rings is 4. The van der Waals surface area contributed by atoms with E-state index >= 15 is 4.79 Å². The molecule has 1 fully saturated rings. The topological polar surface area (TPSA) is 334 Å². The summed E-state index contributed by atoms with van der Waals surface area (Å²) >= 11 is 0. The van der Waals surface area contributed by atoms with Gasteiger partial charge in [-0.2, -0.15) is 0 Å². The predicted molar refractivity (Wildman–Crippen MR) is 271 cm³/mol. The van der Waals surface area contributed by atoms with Gasteiger partial charge in [0.25, 0.3) is 0 Å². The highest BCUT2D eigenvalue weighted by molar-refractivity contribution is 5.99. The third-order valence-corrected chi connectivity index (χ3v) is 13.2. The maximum atomic E-state index is 15.0. The van der Waals surface area contributed by atoms with E-state index in [-0.39, 0.29) is 44.4 Å². The van der Waals surface area contributed by atoms with E-state index in [1.165, 1.54) is 17.0 Å². The normalized spacial score (nSPS) is 15.4. The van der Waals surface area contributed by atoms with Gasteiger partial charge in [-0.15, -0.1) is 0 Å². The largest absolute Gasteiger partial charge is 0.508 e. The smallest absolute Gasteiger partial charge is 0.322 e. The van der Waals surface area contributed by atoms with Crippen LogP contribution in [-0.2, 0) is 64.0 Å². The van der Waals surface area contributed by atoms with Crippen LogP contribution >= 0.6 is 0 Å². The minimum absolute atomic E-state index is 0.0207. The number of phenolic OH excluding ortho intramolecular Hbond substituents is 1. The van der Waals surface area contributed by atoms with Crippen LogP contribution < -0.4 is 32.3 Å². The molecule has 21 nitrogen and oxygen atoms in total. The van der Waals surface area contributed by atoms with Gasteiger partial charge in [-0.25, -0.2) is 0 Å². The fourth-order valence-corrected chi connectivity index (χ4v) is 9.42. The number of phenols is 1. The molecule has 0 radical (unpaired) electrons. The van der Waals surface area contributed by atoms with Gasteiger partial charge in [-0.1, -0.05) is 66.7 Å².